The Morgan fingerprint density at radius 1 is 1.21 bits per heavy atom. The lowest BCUT2D eigenvalue weighted by atomic mass is 10.2. The predicted molar refractivity (Wildman–Crippen MR) is 57.7 cm³/mol. The molecule has 0 aliphatic heterocycles. The van der Waals surface area contributed by atoms with Crippen molar-refractivity contribution in [1.29, 1.82) is 0 Å². The molecule has 2 nitrogen and oxygen atoms in total. The molecule has 1 aromatic carbocycles. The highest BCUT2D eigenvalue weighted by atomic mass is 35.5. The molecule has 0 amide bonds. The average Bonchev–Trinajstić information content (AvgIpc) is 2.15. The minimum Gasteiger partial charge on any atom is -0.356 e. The van der Waals surface area contributed by atoms with E-state index < -0.39 is 0 Å². The van der Waals surface area contributed by atoms with Crippen LogP contribution >= 0.6 is 23.2 Å². The van der Waals surface area contributed by atoms with Gasteiger partial charge in [-0.2, -0.15) is 0 Å². The average molecular weight is 235 g/mol. The molecule has 0 bridgehead atoms. The Bertz CT molecular complexity index is 289. The second kappa shape index (κ2) is 6.25. The molecule has 0 aliphatic carbocycles. The van der Waals surface area contributed by atoms with E-state index in [4.69, 9.17) is 32.7 Å². The van der Waals surface area contributed by atoms with Gasteiger partial charge in [0, 0.05) is 16.7 Å². The van der Waals surface area contributed by atoms with Crippen molar-refractivity contribution in [2.45, 2.75) is 13.5 Å². The summed E-state index contributed by atoms with van der Waals surface area (Å²) < 4.78 is 10.3. The molecule has 0 saturated carbocycles. The van der Waals surface area contributed by atoms with Gasteiger partial charge in [0.25, 0.3) is 0 Å². The van der Waals surface area contributed by atoms with Crippen LogP contribution in [0.1, 0.15) is 12.5 Å². The smallest absolute Gasteiger partial charge is 0.147 e. The van der Waals surface area contributed by atoms with Crippen LogP contribution < -0.4 is 0 Å². The van der Waals surface area contributed by atoms with Gasteiger partial charge in [-0.05, 0) is 24.6 Å². The van der Waals surface area contributed by atoms with Crippen molar-refractivity contribution in [1.82, 2.24) is 0 Å². The molecule has 0 radical (unpaired) electrons. The lowest BCUT2D eigenvalue weighted by Gasteiger charge is -2.06. The fourth-order valence-electron chi connectivity index (χ4n) is 0.933. The van der Waals surface area contributed by atoms with Crippen LogP contribution in [0.2, 0.25) is 10.0 Å². The Balaban J connectivity index is 2.42. The summed E-state index contributed by atoms with van der Waals surface area (Å²) in [6.45, 7) is 3.29. The lowest BCUT2D eigenvalue weighted by molar-refractivity contribution is -0.0571. The highest BCUT2D eigenvalue weighted by Crippen LogP contribution is 2.21. The molecule has 0 unspecified atom stereocenters. The van der Waals surface area contributed by atoms with Gasteiger partial charge >= 0.3 is 0 Å². The molecule has 0 aliphatic rings. The van der Waals surface area contributed by atoms with E-state index in [0.717, 1.165) is 5.56 Å². The van der Waals surface area contributed by atoms with Crippen molar-refractivity contribution in [3.8, 4) is 0 Å². The first-order valence-corrected chi connectivity index (χ1v) is 5.09. The molecule has 1 aromatic rings. The van der Waals surface area contributed by atoms with Gasteiger partial charge in [0.05, 0.1) is 6.61 Å². The van der Waals surface area contributed by atoms with Gasteiger partial charge in [0.1, 0.15) is 6.79 Å². The molecule has 0 saturated heterocycles. The van der Waals surface area contributed by atoms with Gasteiger partial charge < -0.3 is 9.47 Å². The maximum atomic E-state index is 5.94. The Morgan fingerprint density at radius 2 is 2.00 bits per heavy atom. The second-order valence-electron chi connectivity index (χ2n) is 2.69. The minimum atomic E-state index is 0.287. The highest BCUT2D eigenvalue weighted by molar-refractivity contribution is 6.35. The van der Waals surface area contributed by atoms with E-state index in [0.29, 0.717) is 23.3 Å². The van der Waals surface area contributed by atoms with Crippen LogP contribution in [0.4, 0.5) is 0 Å². The maximum Gasteiger partial charge on any atom is 0.147 e. The number of benzene rings is 1. The van der Waals surface area contributed by atoms with Crippen LogP contribution in [-0.2, 0) is 16.1 Å². The van der Waals surface area contributed by atoms with Crippen molar-refractivity contribution in [2.75, 3.05) is 13.4 Å². The van der Waals surface area contributed by atoms with Crippen LogP contribution in [0, 0.1) is 0 Å². The molecule has 0 fully saturated rings. The first-order chi connectivity index (χ1) is 6.74. The number of ether oxygens (including phenoxy) is 2. The van der Waals surface area contributed by atoms with Crippen molar-refractivity contribution >= 4 is 23.2 Å². The number of halogens is 2. The van der Waals surface area contributed by atoms with Gasteiger partial charge in [-0.3, -0.25) is 0 Å². The van der Waals surface area contributed by atoms with E-state index in [1.165, 1.54) is 0 Å². The Hall–Kier alpha value is -0.280. The van der Waals surface area contributed by atoms with E-state index in [2.05, 4.69) is 0 Å². The van der Waals surface area contributed by atoms with Crippen LogP contribution in [0.15, 0.2) is 18.2 Å². The van der Waals surface area contributed by atoms with Crippen molar-refractivity contribution < 1.29 is 9.47 Å². The fourth-order valence-corrected chi connectivity index (χ4v) is 1.40. The summed E-state index contributed by atoms with van der Waals surface area (Å²) in [5.41, 5.74) is 0.913. The summed E-state index contributed by atoms with van der Waals surface area (Å²) in [6.07, 6.45) is 0. The zero-order chi connectivity index (χ0) is 10.4. The van der Waals surface area contributed by atoms with Gasteiger partial charge in [-0.15, -0.1) is 0 Å². The molecule has 0 aromatic heterocycles. The standard InChI is InChI=1S/C10H12Cl2O2/c1-2-13-7-14-6-8-3-4-9(11)5-10(8)12/h3-5H,2,6-7H2,1H3. The summed E-state index contributed by atoms with van der Waals surface area (Å²) >= 11 is 11.7. The molecule has 1 rings (SSSR count). The SMILES string of the molecule is CCOCOCc1ccc(Cl)cc1Cl. The third kappa shape index (κ3) is 3.84. The first-order valence-electron chi connectivity index (χ1n) is 4.33. The molecular weight excluding hydrogens is 223 g/mol. The summed E-state index contributed by atoms with van der Waals surface area (Å²) in [5, 5.41) is 1.25. The van der Waals surface area contributed by atoms with Gasteiger partial charge in [-0.1, -0.05) is 29.3 Å². The van der Waals surface area contributed by atoms with E-state index in [1.807, 2.05) is 13.0 Å². The largest absolute Gasteiger partial charge is 0.356 e. The monoisotopic (exact) mass is 234 g/mol. The molecule has 14 heavy (non-hydrogen) atoms. The molecular formula is C10H12Cl2O2. The Morgan fingerprint density at radius 3 is 2.64 bits per heavy atom. The van der Waals surface area contributed by atoms with Crippen LogP contribution in [0.25, 0.3) is 0 Å². The maximum absolute atomic E-state index is 5.94. The molecule has 0 N–H and O–H groups in total. The summed E-state index contributed by atoms with van der Waals surface area (Å²) in [6, 6.07) is 5.33. The summed E-state index contributed by atoms with van der Waals surface area (Å²) in [7, 11) is 0. The van der Waals surface area contributed by atoms with Gasteiger partial charge in [0.15, 0.2) is 0 Å². The molecule has 4 heteroatoms. The highest BCUT2D eigenvalue weighted by Gasteiger charge is 2.00. The third-order valence-corrected chi connectivity index (χ3v) is 2.23. The summed E-state index contributed by atoms with van der Waals surface area (Å²) in [5.74, 6) is 0. The van der Waals surface area contributed by atoms with Crippen molar-refractivity contribution in [2.24, 2.45) is 0 Å². The molecule has 0 spiro atoms. The zero-order valence-corrected chi connectivity index (χ0v) is 9.44. The first kappa shape index (κ1) is 11.8. The molecule has 0 atom stereocenters. The van der Waals surface area contributed by atoms with E-state index >= 15 is 0 Å². The van der Waals surface area contributed by atoms with Crippen LogP contribution in [0.5, 0.6) is 0 Å². The fraction of sp³-hybridized carbons (Fsp3) is 0.400. The number of hydrogen-bond donors (Lipinski definition) is 0. The summed E-state index contributed by atoms with van der Waals surface area (Å²) in [4.78, 5) is 0. The van der Waals surface area contributed by atoms with Crippen molar-refractivity contribution in [3.05, 3.63) is 33.8 Å². The second-order valence-corrected chi connectivity index (χ2v) is 3.54. The Kier molecular flexibility index (Phi) is 5.26. The topological polar surface area (TPSA) is 18.5 Å². The number of hydrogen-bond acceptors (Lipinski definition) is 2. The van der Waals surface area contributed by atoms with Gasteiger partial charge in [-0.25, -0.2) is 0 Å². The van der Waals surface area contributed by atoms with Gasteiger partial charge in [0.2, 0.25) is 0 Å². The van der Waals surface area contributed by atoms with E-state index in [-0.39, 0.29) is 6.79 Å². The van der Waals surface area contributed by atoms with Crippen LogP contribution in [0.3, 0.4) is 0 Å². The van der Waals surface area contributed by atoms with E-state index in [1.54, 1.807) is 12.1 Å². The Labute approximate surface area is 93.7 Å². The molecule has 78 valence electrons. The van der Waals surface area contributed by atoms with Crippen LogP contribution in [-0.4, -0.2) is 13.4 Å². The third-order valence-electron chi connectivity index (χ3n) is 1.64. The van der Waals surface area contributed by atoms with Crippen molar-refractivity contribution in [3.63, 3.8) is 0 Å². The number of rotatable bonds is 5. The zero-order valence-electron chi connectivity index (χ0n) is 7.93. The van der Waals surface area contributed by atoms with E-state index in [9.17, 15) is 0 Å². The predicted octanol–water partition coefficient (Wildman–Crippen LogP) is 3.50. The quantitative estimate of drug-likeness (QED) is 0.574. The lowest BCUT2D eigenvalue weighted by Crippen LogP contribution is -2.00. The minimum absolute atomic E-state index is 0.287. The normalized spacial score (nSPS) is 10.5. The molecule has 0 heterocycles.